The Kier molecular flexibility index (Phi) is 3.53. The van der Waals surface area contributed by atoms with E-state index in [4.69, 9.17) is 0 Å². The van der Waals surface area contributed by atoms with Gasteiger partial charge in [0.15, 0.2) is 0 Å². The summed E-state index contributed by atoms with van der Waals surface area (Å²) < 4.78 is 42.8. The predicted molar refractivity (Wildman–Crippen MR) is 90.1 cm³/mol. The standard InChI is InChI=1S/C18H10F3N3OS/c19-18(20,21)17(11-6-2-1-3-7-11)12(10-22)15-24(16(25)23-17)13-8-4-5-9-14(13)26-15/h1-9H,(H,23,25)/t17-/m1/s1. The summed E-state index contributed by atoms with van der Waals surface area (Å²) in [7, 11) is 0. The van der Waals surface area contributed by atoms with Crippen LogP contribution in [0.2, 0.25) is 0 Å². The van der Waals surface area contributed by atoms with Crippen molar-refractivity contribution in [2.24, 2.45) is 0 Å². The molecule has 2 amide bonds. The molecule has 0 bridgehead atoms. The minimum atomic E-state index is -4.90. The molecular formula is C18H10F3N3OS. The number of nitriles is 1. The number of carbonyl (C=O) groups excluding carboxylic acids is 1. The maximum absolute atomic E-state index is 14.3. The molecule has 2 aromatic carbocycles. The first-order valence-electron chi connectivity index (χ1n) is 7.56. The zero-order valence-electron chi connectivity index (χ0n) is 13.0. The number of fused-ring (bicyclic) bond motifs is 3. The van der Waals surface area contributed by atoms with E-state index in [0.29, 0.717) is 10.6 Å². The Morgan fingerprint density at radius 1 is 1.08 bits per heavy atom. The number of rotatable bonds is 1. The number of nitrogens with one attached hydrogen (secondary N) is 1. The number of thioether (sulfide) groups is 1. The molecule has 2 aromatic rings. The van der Waals surface area contributed by atoms with Gasteiger partial charge in [-0.05, 0) is 17.7 Å². The molecule has 0 aliphatic carbocycles. The molecule has 2 aliphatic heterocycles. The highest BCUT2D eigenvalue weighted by atomic mass is 32.2. The molecule has 2 heterocycles. The highest BCUT2D eigenvalue weighted by Gasteiger charge is 2.64. The maximum atomic E-state index is 14.3. The van der Waals surface area contributed by atoms with Crippen LogP contribution in [0.3, 0.4) is 0 Å². The lowest BCUT2D eigenvalue weighted by atomic mass is 9.81. The van der Waals surface area contributed by atoms with E-state index in [-0.39, 0.29) is 10.6 Å². The van der Waals surface area contributed by atoms with Crippen molar-refractivity contribution >= 4 is 23.5 Å². The lowest BCUT2D eigenvalue weighted by Crippen LogP contribution is -2.63. The van der Waals surface area contributed by atoms with E-state index < -0.39 is 23.3 Å². The molecule has 0 spiro atoms. The Balaban J connectivity index is 2.04. The Morgan fingerprint density at radius 3 is 2.38 bits per heavy atom. The summed E-state index contributed by atoms with van der Waals surface area (Å²) in [5, 5.41) is 11.7. The van der Waals surface area contributed by atoms with Gasteiger partial charge in [-0.2, -0.15) is 18.4 Å². The second kappa shape index (κ2) is 5.54. The van der Waals surface area contributed by atoms with E-state index in [1.54, 1.807) is 36.4 Å². The second-order valence-corrected chi connectivity index (χ2v) is 6.77. The Morgan fingerprint density at radius 2 is 1.73 bits per heavy atom. The molecule has 0 saturated heterocycles. The quantitative estimate of drug-likeness (QED) is 0.800. The fourth-order valence-corrected chi connectivity index (χ4v) is 4.40. The minimum absolute atomic E-state index is 0.0152. The maximum Gasteiger partial charge on any atom is 0.420 e. The fourth-order valence-electron chi connectivity index (χ4n) is 3.20. The van der Waals surface area contributed by atoms with Crippen molar-refractivity contribution in [3.05, 3.63) is 70.8 Å². The van der Waals surface area contributed by atoms with Gasteiger partial charge >= 0.3 is 12.2 Å². The van der Waals surface area contributed by atoms with Crippen LogP contribution in [-0.4, -0.2) is 12.2 Å². The molecule has 1 N–H and O–H groups in total. The summed E-state index contributed by atoms with van der Waals surface area (Å²) in [6.07, 6.45) is -4.90. The Hall–Kier alpha value is -2.92. The molecule has 26 heavy (non-hydrogen) atoms. The van der Waals surface area contributed by atoms with E-state index >= 15 is 0 Å². The largest absolute Gasteiger partial charge is 0.420 e. The van der Waals surface area contributed by atoms with Gasteiger partial charge < -0.3 is 5.32 Å². The molecule has 0 aromatic heterocycles. The number of anilines is 1. The molecule has 130 valence electrons. The summed E-state index contributed by atoms with van der Waals surface area (Å²) >= 11 is 0.992. The highest BCUT2D eigenvalue weighted by molar-refractivity contribution is 8.03. The monoisotopic (exact) mass is 373 g/mol. The van der Waals surface area contributed by atoms with Crippen LogP contribution < -0.4 is 10.2 Å². The van der Waals surface area contributed by atoms with Gasteiger partial charge in [-0.1, -0.05) is 54.2 Å². The average Bonchev–Trinajstić information content (AvgIpc) is 3.01. The van der Waals surface area contributed by atoms with Crippen molar-refractivity contribution in [1.82, 2.24) is 5.32 Å². The van der Waals surface area contributed by atoms with Gasteiger partial charge in [0.2, 0.25) is 5.54 Å². The molecule has 2 aliphatic rings. The lowest BCUT2D eigenvalue weighted by molar-refractivity contribution is -0.184. The molecule has 0 unspecified atom stereocenters. The molecule has 0 saturated carbocycles. The lowest BCUT2D eigenvalue weighted by Gasteiger charge is -2.42. The number of alkyl halides is 3. The third kappa shape index (κ3) is 2.07. The van der Waals surface area contributed by atoms with Crippen LogP contribution in [0.5, 0.6) is 0 Å². The van der Waals surface area contributed by atoms with E-state index in [2.05, 4.69) is 5.32 Å². The first-order valence-corrected chi connectivity index (χ1v) is 8.38. The normalized spacial score (nSPS) is 21.8. The minimum Gasteiger partial charge on any atom is -0.315 e. The van der Waals surface area contributed by atoms with Gasteiger partial charge in [0.05, 0.1) is 5.69 Å². The van der Waals surface area contributed by atoms with Crippen LogP contribution in [-0.2, 0) is 5.54 Å². The van der Waals surface area contributed by atoms with Crippen molar-refractivity contribution in [2.75, 3.05) is 4.90 Å². The zero-order valence-corrected chi connectivity index (χ0v) is 13.9. The summed E-state index contributed by atoms with van der Waals surface area (Å²) in [6.45, 7) is 0. The summed E-state index contributed by atoms with van der Waals surface area (Å²) in [4.78, 5) is 14.4. The van der Waals surface area contributed by atoms with E-state index in [1.807, 2.05) is 0 Å². The number of benzene rings is 2. The average molecular weight is 373 g/mol. The first-order chi connectivity index (χ1) is 12.4. The number of hydrogen-bond donors (Lipinski definition) is 1. The van der Waals surface area contributed by atoms with Crippen molar-refractivity contribution in [2.45, 2.75) is 16.6 Å². The van der Waals surface area contributed by atoms with Crippen molar-refractivity contribution < 1.29 is 18.0 Å². The summed E-state index contributed by atoms with van der Waals surface area (Å²) in [5.41, 5.74) is -3.18. The van der Waals surface area contributed by atoms with Gasteiger partial charge in [0.1, 0.15) is 16.7 Å². The molecule has 4 rings (SSSR count). The highest BCUT2D eigenvalue weighted by Crippen LogP contribution is 2.55. The van der Waals surface area contributed by atoms with Crippen LogP contribution in [0.1, 0.15) is 5.56 Å². The third-order valence-electron chi connectivity index (χ3n) is 4.35. The fraction of sp³-hybridized carbons (Fsp3) is 0.111. The molecule has 4 nitrogen and oxygen atoms in total. The molecule has 1 atom stereocenters. The second-order valence-electron chi connectivity index (χ2n) is 5.74. The zero-order chi connectivity index (χ0) is 18.5. The summed E-state index contributed by atoms with van der Waals surface area (Å²) in [6, 6.07) is 14.5. The van der Waals surface area contributed by atoms with Crippen LogP contribution in [0.4, 0.5) is 23.7 Å². The smallest absolute Gasteiger partial charge is 0.315 e. The van der Waals surface area contributed by atoms with Gasteiger partial charge in [0.25, 0.3) is 0 Å². The van der Waals surface area contributed by atoms with Crippen molar-refractivity contribution in [3.63, 3.8) is 0 Å². The van der Waals surface area contributed by atoms with Gasteiger partial charge in [-0.3, -0.25) is 4.90 Å². The summed E-state index contributed by atoms with van der Waals surface area (Å²) in [5.74, 6) is 0. The topological polar surface area (TPSA) is 56.1 Å². The number of nitrogens with zero attached hydrogens (tertiary/aromatic N) is 2. The number of hydrogen-bond acceptors (Lipinski definition) is 3. The van der Waals surface area contributed by atoms with Crippen LogP contribution >= 0.6 is 11.8 Å². The first kappa shape index (κ1) is 16.5. The number of halogens is 3. The van der Waals surface area contributed by atoms with Crippen molar-refractivity contribution in [3.8, 4) is 6.07 Å². The van der Waals surface area contributed by atoms with E-state index in [1.165, 1.54) is 24.3 Å². The van der Waals surface area contributed by atoms with Crippen molar-refractivity contribution in [1.29, 1.82) is 5.26 Å². The molecule has 0 fully saturated rings. The van der Waals surface area contributed by atoms with Gasteiger partial charge in [-0.15, -0.1) is 0 Å². The van der Waals surface area contributed by atoms with Gasteiger partial charge in [0, 0.05) is 4.90 Å². The Labute approximate surface area is 150 Å². The van der Waals surface area contributed by atoms with Gasteiger partial charge in [-0.25, -0.2) is 4.79 Å². The number of amides is 2. The Bertz CT molecular complexity index is 981. The SMILES string of the molecule is N#CC1=C2Sc3ccccc3N2C(=O)N[C@@]1(c1ccccc1)C(F)(F)F. The third-order valence-corrected chi connectivity index (χ3v) is 5.49. The molecule has 8 heteroatoms. The predicted octanol–water partition coefficient (Wildman–Crippen LogP) is 4.51. The number of carbonyl (C=O) groups is 1. The van der Waals surface area contributed by atoms with E-state index in [0.717, 1.165) is 16.7 Å². The number of para-hydroxylation sites is 1. The molecular weight excluding hydrogens is 363 g/mol. The molecule has 0 radical (unpaired) electrons. The van der Waals surface area contributed by atoms with E-state index in [9.17, 15) is 23.2 Å². The van der Waals surface area contributed by atoms with Crippen LogP contribution in [0.25, 0.3) is 0 Å². The number of urea groups is 1. The van der Waals surface area contributed by atoms with Crippen LogP contribution in [0, 0.1) is 11.3 Å². The van der Waals surface area contributed by atoms with Crippen LogP contribution in [0.15, 0.2) is 70.1 Å².